The summed E-state index contributed by atoms with van der Waals surface area (Å²) in [5, 5.41) is 0. The number of hydrogen-bond donors (Lipinski definition) is 0. The fourth-order valence-electron chi connectivity index (χ4n) is 2.89. The maximum absolute atomic E-state index is 12.5. The molecule has 0 unspecified atom stereocenters. The number of benzene rings is 2. The Hall–Kier alpha value is -2.42. The highest BCUT2D eigenvalue weighted by Crippen LogP contribution is 2.20. The van der Waals surface area contributed by atoms with Crippen molar-refractivity contribution >= 4 is 45.2 Å². The summed E-state index contributed by atoms with van der Waals surface area (Å²) < 4.78 is 13.1. The van der Waals surface area contributed by atoms with Gasteiger partial charge in [-0.15, -0.1) is 11.8 Å². The van der Waals surface area contributed by atoms with E-state index in [1.54, 1.807) is 23.9 Å². The Kier molecular flexibility index (Phi) is 8.24. The largest absolute Gasteiger partial charge is 0.465 e. The minimum Gasteiger partial charge on any atom is -0.465 e. The maximum atomic E-state index is 12.5. The molecular formula is C22H24N2O4S2. The third kappa shape index (κ3) is 5.81. The lowest BCUT2D eigenvalue weighted by atomic mass is 10.2. The van der Waals surface area contributed by atoms with Gasteiger partial charge in [-0.2, -0.15) is 4.99 Å². The SMILES string of the molecule is CCOCCn1c(=NC(=O)CSCc2ccccc2)sc2cc(C(=O)OC)ccc21. The molecule has 1 aromatic heterocycles. The van der Waals surface area contributed by atoms with Gasteiger partial charge in [0.15, 0.2) is 4.80 Å². The molecule has 0 N–H and O–H groups in total. The van der Waals surface area contributed by atoms with Crippen molar-refractivity contribution in [2.24, 2.45) is 4.99 Å². The van der Waals surface area contributed by atoms with Crippen molar-refractivity contribution < 1.29 is 19.1 Å². The van der Waals surface area contributed by atoms with Gasteiger partial charge < -0.3 is 14.0 Å². The van der Waals surface area contributed by atoms with E-state index < -0.39 is 5.97 Å². The summed E-state index contributed by atoms with van der Waals surface area (Å²) in [6, 6.07) is 15.4. The number of ether oxygens (including phenoxy) is 2. The van der Waals surface area contributed by atoms with Gasteiger partial charge in [0.1, 0.15) is 0 Å². The van der Waals surface area contributed by atoms with Crippen LogP contribution in [0, 0.1) is 0 Å². The molecule has 2 aromatic carbocycles. The zero-order valence-corrected chi connectivity index (χ0v) is 18.6. The first kappa shape index (κ1) is 22.3. The average molecular weight is 445 g/mol. The molecule has 0 radical (unpaired) electrons. The zero-order valence-electron chi connectivity index (χ0n) is 17.0. The van der Waals surface area contributed by atoms with Crippen LogP contribution in [-0.2, 0) is 26.6 Å². The molecule has 1 heterocycles. The smallest absolute Gasteiger partial charge is 0.337 e. The highest BCUT2D eigenvalue weighted by atomic mass is 32.2. The van der Waals surface area contributed by atoms with Crippen LogP contribution in [0.4, 0.5) is 0 Å². The number of thiazole rings is 1. The quantitative estimate of drug-likeness (QED) is 0.370. The Morgan fingerprint density at radius 2 is 1.97 bits per heavy atom. The van der Waals surface area contributed by atoms with Crippen molar-refractivity contribution in [1.29, 1.82) is 0 Å². The minimum atomic E-state index is -0.391. The fourth-order valence-corrected chi connectivity index (χ4v) is 4.77. The van der Waals surface area contributed by atoms with Gasteiger partial charge in [0.05, 0.1) is 35.2 Å². The summed E-state index contributed by atoms with van der Waals surface area (Å²) in [5.74, 6) is 0.502. The highest BCUT2D eigenvalue weighted by Gasteiger charge is 2.12. The van der Waals surface area contributed by atoms with Gasteiger partial charge in [0.25, 0.3) is 5.91 Å². The van der Waals surface area contributed by atoms with E-state index in [0.29, 0.717) is 35.9 Å². The Balaban J connectivity index is 1.82. The summed E-state index contributed by atoms with van der Waals surface area (Å²) in [4.78, 5) is 29.3. The molecule has 158 valence electrons. The Labute approximate surface area is 183 Å². The Bertz CT molecular complexity index is 1070. The molecule has 0 saturated carbocycles. The number of methoxy groups -OCH3 is 1. The number of carbonyl (C=O) groups is 2. The van der Waals surface area contributed by atoms with Gasteiger partial charge in [-0.05, 0) is 30.7 Å². The molecule has 0 atom stereocenters. The van der Waals surface area contributed by atoms with Gasteiger partial charge >= 0.3 is 5.97 Å². The van der Waals surface area contributed by atoms with Gasteiger partial charge in [0, 0.05) is 18.9 Å². The number of esters is 1. The molecule has 0 bridgehead atoms. The lowest BCUT2D eigenvalue weighted by Crippen LogP contribution is -2.20. The molecule has 0 aliphatic carbocycles. The molecule has 0 aliphatic heterocycles. The number of amides is 1. The monoisotopic (exact) mass is 444 g/mol. The van der Waals surface area contributed by atoms with Crippen molar-refractivity contribution in [1.82, 2.24) is 4.57 Å². The summed E-state index contributed by atoms with van der Waals surface area (Å²) in [7, 11) is 1.36. The summed E-state index contributed by atoms with van der Waals surface area (Å²) in [6.07, 6.45) is 0. The molecule has 6 nitrogen and oxygen atoms in total. The number of aromatic nitrogens is 1. The van der Waals surface area contributed by atoms with Crippen LogP contribution in [0.25, 0.3) is 10.2 Å². The van der Waals surface area contributed by atoms with Crippen LogP contribution in [0.2, 0.25) is 0 Å². The van der Waals surface area contributed by atoms with E-state index in [9.17, 15) is 9.59 Å². The second-order valence-corrected chi connectivity index (χ2v) is 8.39. The van der Waals surface area contributed by atoms with Crippen molar-refractivity contribution in [3.05, 3.63) is 64.5 Å². The van der Waals surface area contributed by atoms with Crippen LogP contribution in [0.3, 0.4) is 0 Å². The second-order valence-electron chi connectivity index (χ2n) is 6.39. The number of hydrogen-bond acceptors (Lipinski definition) is 6. The third-order valence-corrected chi connectivity index (χ3v) is 6.35. The van der Waals surface area contributed by atoms with E-state index in [1.807, 2.05) is 47.9 Å². The zero-order chi connectivity index (χ0) is 21.3. The lowest BCUT2D eigenvalue weighted by molar-refractivity contribution is -0.115. The first-order valence-electron chi connectivity index (χ1n) is 9.61. The van der Waals surface area contributed by atoms with E-state index in [0.717, 1.165) is 16.0 Å². The van der Waals surface area contributed by atoms with Gasteiger partial charge in [-0.25, -0.2) is 4.79 Å². The molecule has 8 heteroatoms. The van der Waals surface area contributed by atoms with E-state index >= 15 is 0 Å². The van der Waals surface area contributed by atoms with Crippen LogP contribution in [0.1, 0.15) is 22.8 Å². The van der Waals surface area contributed by atoms with Crippen molar-refractivity contribution in [2.75, 3.05) is 26.1 Å². The summed E-state index contributed by atoms with van der Waals surface area (Å²) >= 11 is 2.93. The first-order chi connectivity index (χ1) is 14.6. The molecule has 0 saturated heterocycles. The molecular weight excluding hydrogens is 420 g/mol. The van der Waals surface area contributed by atoms with Gasteiger partial charge in [-0.1, -0.05) is 41.7 Å². The van der Waals surface area contributed by atoms with Crippen LogP contribution in [0.5, 0.6) is 0 Å². The van der Waals surface area contributed by atoms with E-state index in [1.165, 1.54) is 24.0 Å². The number of rotatable bonds is 9. The van der Waals surface area contributed by atoms with Crippen LogP contribution < -0.4 is 4.80 Å². The standard InChI is InChI=1S/C22H24N2O4S2/c1-3-28-12-11-24-18-10-9-17(21(26)27-2)13-19(18)30-22(24)23-20(25)15-29-14-16-7-5-4-6-8-16/h4-10,13H,3,11-12,14-15H2,1-2H3. The predicted octanol–water partition coefficient (Wildman–Crippen LogP) is 3.89. The van der Waals surface area contributed by atoms with Crippen molar-refractivity contribution in [3.63, 3.8) is 0 Å². The number of thioether (sulfide) groups is 1. The normalized spacial score (nSPS) is 11.7. The fraction of sp³-hybridized carbons (Fsp3) is 0.318. The number of nitrogens with zero attached hydrogens (tertiary/aromatic N) is 2. The van der Waals surface area contributed by atoms with Crippen molar-refractivity contribution in [3.8, 4) is 0 Å². The summed E-state index contributed by atoms with van der Waals surface area (Å²) in [6.45, 7) is 3.66. The topological polar surface area (TPSA) is 69.9 Å². The Morgan fingerprint density at radius 3 is 2.70 bits per heavy atom. The second kappa shape index (κ2) is 11.1. The average Bonchev–Trinajstić information content (AvgIpc) is 3.10. The molecule has 0 fully saturated rings. The van der Waals surface area contributed by atoms with E-state index in [-0.39, 0.29) is 5.91 Å². The Morgan fingerprint density at radius 1 is 1.17 bits per heavy atom. The molecule has 3 aromatic rings. The van der Waals surface area contributed by atoms with E-state index in [2.05, 4.69) is 4.99 Å². The summed E-state index contributed by atoms with van der Waals surface area (Å²) in [5.41, 5.74) is 2.56. The van der Waals surface area contributed by atoms with Crippen LogP contribution in [-0.4, -0.2) is 42.5 Å². The maximum Gasteiger partial charge on any atom is 0.337 e. The first-order valence-corrected chi connectivity index (χ1v) is 11.6. The molecule has 0 aliphatic rings. The predicted molar refractivity (Wildman–Crippen MR) is 121 cm³/mol. The minimum absolute atomic E-state index is 0.180. The molecule has 30 heavy (non-hydrogen) atoms. The lowest BCUT2D eigenvalue weighted by Gasteiger charge is -2.06. The highest BCUT2D eigenvalue weighted by molar-refractivity contribution is 7.99. The molecule has 1 amide bonds. The van der Waals surface area contributed by atoms with Crippen LogP contribution in [0.15, 0.2) is 53.5 Å². The van der Waals surface area contributed by atoms with E-state index in [4.69, 9.17) is 9.47 Å². The number of fused-ring (bicyclic) bond motifs is 1. The van der Waals surface area contributed by atoms with Gasteiger partial charge in [-0.3, -0.25) is 4.79 Å². The third-order valence-electron chi connectivity index (χ3n) is 4.32. The molecule has 0 spiro atoms. The van der Waals surface area contributed by atoms with Crippen LogP contribution >= 0.6 is 23.1 Å². The van der Waals surface area contributed by atoms with Crippen molar-refractivity contribution in [2.45, 2.75) is 19.2 Å². The number of carbonyl (C=O) groups excluding carboxylic acids is 2. The molecule has 3 rings (SSSR count). The van der Waals surface area contributed by atoms with Gasteiger partial charge in [0.2, 0.25) is 0 Å².